The smallest absolute Gasteiger partial charge is 0.332 e. The van der Waals surface area contributed by atoms with Gasteiger partial charge in [-0.25, -0.2) is 9.20 Å². The Hall–Kier alpha value is -4.03. The zero-order valence-corrected chi connectivity index (χ0v) is 21.7. The van der Waals surface area contributed by atoms with Crippen molar-refractivity contribution in [3.63, 3.8) is 0 Å². The fourth-order valence-corrected chi connectivity index (χ4v) is 4.96. The van der Waals surface area contributed by atoms with Gasteiger partial charge in [-0.2, -0.15) is 0 Å². The zero-order chi connectivity index (χ0) is 26.3. The summed E-state index contributed by atoms with van der Waals surface area (Å²) in [4.78, 5) is 38.7. The lowest BCUT2D eigenvalue weighted by Crippen LogP contribution is -2.37. The Morgan fingerprint density at radius 1 is 1.05 bits per heavy atom. The second-order valence-corrected chi connectivity index (χ2v) is 9.62. The summed E-state index contributed by atoms with van der Waals surface area (Å²) in [6.07, 6.45) is 0. The molecule has 3 heterocycles. The molecule has 1 amide bonds. The number of para-hydroxylation sites is 2. The van der Waals surface area contributed by atoms with Crippen LogP contribution in [0, 0.1) is 0 Å². The van der Waals surface area contributed by atoms with Crippen molar-refractivity contribution >= 4 is 51.9 Å². The molecule has 0 saturated heterocycles. The first-order valence-electron chi connectivity index (χ1n) is 11.1. The van der Waals surface area contributed by atoms with Gasteiger partial charge >= 0.3 is 5.69 Å². The summed E-state index contributed by atoms with van der Waals surface area (Å²) >= 11 is 7.17. The third-order valence-corrected chi connectivity index (χ3v) is 7.10. The van der Waals surface area contributed by atoms with Crippen LogP contribution in [0.4, 0.5) is 5.69 Å². The molecule has 0 bridgehead atoms. The van der Waals surface area contributed by atoms with Crippen molar-refractivity contribution in [3.8, 4) is 5.75 Å². The zero-order valence-electron chi connectivity index (χ0n) is 20.1. The van der Waals surface area contributed by atoms with Crippen LogP contribution in [0.25, 0.3) is 16.9 Å². The number of methoxy groups -OCH3 is 1. The van der Waals surface area contributed by atoms with Crippen molar-refractivity contribution in [2.45, 2.75) is 11.7 Å². The van der Waals surface area contributed by atoms with Crippen LogP contribution < -0.4 is 21.3 Å². The minimum absolute atomic E-state index is 0.0154. The molecule has 0 unspecified atom stereocenters. The van der Waals surface area contributed by atoms with Gasteiger partial charge in [0, 0.05) is 19.1 Å². The number of fused-ring (bicyclic) bond motifs is 3. The summed E-state index contributed by atoms with van der Waals surface area (Å²) in [5.41, 5.74) is 1.13. The highest BCUT2D eigenvalue weighted by molar-refractivity contribution is 7.99. The summed E-state index contributed by atoms with van der Waals surface area (Å²) < 4.78 is 11.1. The Balaban J connectivity index is 1.56. The second-order valence-electron chi connectivity index (χ2n) is 8.25. The van der Waals surface area contributed by atoms with Gasteiger partial charge < -0.3 is 10.1 Å². The number of thioether (sulfide) groups is 1. The molecule has 13 heteroatoms. The minimum atomic E-state index is -0.485. The number of carbonyl (C=O) groups excluding carboxylic acids is 1. The number of aromatic nitrogens is 6. The number of imidazole rings is 1. The van der Waals surface area contributed by atoms with Crippen molar-refractivity contribution in [1.29, 1.82) is 0 Å². The molecule has 5 rings (SSSR count). The number of anilines is 1. The van der Waals surface area contributed by atoms with Crippen molar-refractivity contribution < 1.29 is 9.53 Å². The predicted molar refractivity (Wildman–Crippen MR) is 142 cm³/mol. The SMILES string of the molecule is COc1ccccc1NC(=O)CSc1nnc2n(Cc3ccc(Cl)cc3)c3c(=O)n(C)c(=O)n(C)c3n12. The maximum absolute atomic E-state index is 13.2. The van der Waals surface area contributed by atoms with Crippen LogP contribution in [0.2, 0.25) is 5.02 Å². The van der Waals surface area contributed by atoms with Crippen LogP contribution in [0.1, 0.15) is 5.56 Å². The molecule has 0 saturated carbocycles. The van der Waals surface area contributed by atoms with E-state index in [-0.39, 0.29) is 11.7 Å². The van der Waals surface area contributed by atoms with E-state index in [1.54, 1.807) is 46.3 Å². The van der Waals surface area contributed by atoms with Gasteiger partial charge in [-0.05, 0) is 29.8 Å². The summed E-state index contributed by atoms with van der Waals surface area (Å²) in [6.45, 7) is 0.300. The number of rotatable bonds is 7. The maximum Gasteiger partial charge on any atom is 0.332 e. The minimum Gasteiger partial charge on any atom is -0.495 e. The number of nitrogens with zero attached hydrogens (tertiary/aromatic N) is 6. The normalized spacial score (nSPS) is 11.4. The maximum atomic E-state index is 13.2. The van der Waals surface area contributed by atoms with Crippen LogP contribution in [0.5, 0.6) is 5.75 Å². The van der Waals surface area contributed by atoms with Crippen LogP contribution in [-0.4, -0.2) is 47.1 Å². The van der Waals surface area contributed by atoms with Gasteiger partial charge in [-0.3, -0.25) is 23.3 Å². The average Bonchev–Trinajstić information content (AvgIpc) is 3.45. The molecule has 2 aromatic carbocycles. The first kappa shape index (κ1) is 24.7. The molecule has 0 aliphatic carbocycles. The number of nitrogens with one attached hydrogen (secondary N) is 1. The largest absolute Gasteiger partial charge is 0.495 e. The van der Waals surface area contributed by atoms with Crippen molar-refractivity contribution in [2.75, 3.05) is 18.2 Å². The number of halogens is 1. The highest BCUT2D eigenvalue weighted by Crippen LogP contribution is 2.26. The molecule has 190 valence electrons. The number of aryl methyl sites for hydroxylation is 1. The number of benzene rings is 2. The van der Waals surface area contributed by atoms with E-state index in [4.69, 9.17) is 16.3 Å². The van der Waals surface area contributed by atoms with E-state index in [1.165, 1.54) is 18.7 Å². The summed E-state index contributed by atoms with van der Waals surface area (Å²) in [5.74, 6) is 0.653. The predicted octanol–water partition coefficient (Wildman–Crippen LogP) is 2.52. The molecule has 0 radical (unpaired) electrons. The van der Waals surface area contributed by atoms with Gasteiger partial charge in [0.2, 0.25) is 11.7 Å². The molecule has 0 spiro atoms. The van der Waals surface area contributed by atoms with E-state index in [1.807, 2.05) is 18.2 Å². The number of hydrogen-bond donors (Lipinski definition) is 1. The van der Waals surface area contributed by atoms with Crippen LogP contribution in [-0.2, 0) is 25.4 Å². The van der Waals surface area contributed by atoms with Gasteiger partial charge in [0.1, 0.15) is 5.75 Å². The van der Waals surface area contributed by atoms with E-state index in [0.29, 0.717) is 45.1 Å². The molecule has 3 aromatic heterocycles. The molecule has 0 atom stereocenters. The van der Waals surface area contributed by atoms with E-state index in [2.05, 4.69) is 15.5 Å². The van der Waals surface area contributed by atoms with Gasteiger partial charge in [0.25, 0.3) is 5.56 Å². The Bertz CT molecular complexity index is 1770. The van der Waals surface area contributed by atoms with Crippen molar-refractivity contribution in [1.82, 2.24) is 28.3 Å². The van der Waals surface area contributed by atoms with Crippen molar-refractivity contribution in [2.24, 2.45) is 14.1 Å². The summed E-state index contributed by atoms with van der Waals surface area (Å²) in [7, 11) is 4.54. The molecule has 5 aromatic rings. The summed E-state index contributed by atoms with van der Waals surface area (Å²) in [5, 5.41) is 12.4. The molecule has 0 aliphatic heterocycles. The molecule has 1 N–H and O–H groups in total. The molecular weight excluding hydrogens is 518 g/mol. The number of hydrogen-bond acceptors (Lipinski definition) is 7. The third-order valence-electron chi connectivity index (χ3n) is 5.92. The van der Waals surface area contributed by atoms with Gasteiger partial charge in [0.15, 0.2) is 16.3 Å². The monoisotopic (exact) mass is 539 g/mol. The highest BCUT2D eigenvalue weighted by atomic mass is 35.5. The lowest BCUT2D eigenvalue weighted by molar-refractivity contribution is -0.113. The van der Waals surface area contributed by atoms with Crippen LogP contribution in [0.3, 0.4) is 0 Å². The Morgan fingerprint density at radius 3 is 2.51 bits per heavy atom. The van der Waals surface area contributed by atoms with E-state index >= 15 is 0 Å². The van der Waals surface area contributed by atoms with Crippen LogP contribution >= 0.6 is 23.4 Å². The number of ether oxygens (including phenoxy) is 1. The lowest BCUT2D eigenvalue weighted by Gasteiger charge is -2.09. The highest BCUT2D eigenvalue weighted by Gasteiger charge is 2.24. The van der Waals surface area contributed by atoms with Gasteiger partial charge in [0.05, 0.1) is 25.1 Å². The fraction of sp³-hybridized carbons (Fsp3) is 0.208. The standard InChI is InChI=1S/C24H22ClN7O4S/c1-29-20-19(21(34)30(2)24(29)35)31(12-14-8-10-15(25)11-9-14)22-27-28-23(32(20)22)37-13-18(33)26-16-6-4-5-7-17(16)36-3/h4-11H,12-13H2,1-3H3,(H,26,33). The quantitative estimate of drug-likeness (QED) is 0.316. The van der Waals surface area contributed by atoms with Gasteiger partial charge in [-0.1, -0.05) is 47.6 Å². The van der Waals surface area contributed by atoms with Crippen LogP contribution in [0.15, 0.2) is 63.3 Å². The Morgan fingerprint density at radius 2 is 1.78 bits per heavy atom. The van der Waals surface area contributed by atoms with E-state index in [9.17, 15) is 14.4 Å². The molecule has 0 aliphatic rings. The molecular formula is C24H22ClN7O4S. The Kier molecular flexibility index (Phi) is 6.52. The van der Waals surface area contributed by atoms with E-state index < -0.39 is 11.2 Å². The topological polar surface area (TPSA) is 117 Å². The second kappa shape index (κ2) is 9.79. The lowest BCUT2D eigenvalue weighted by atomic mass is 10.2. The van der Waals surface area contributed by atoms with Crippen molar-refractivity contribution in [3.05, 3.63) is 80.0 Å². The Labute approximate surface area is 219 Å². The fourth-order valence-electron chi connectivity index (χ4n) is 4.11. The molecule has 0 fully saturated rings. The average molecular weight is 540 g/mol. The first-order valence-corrected chi connectivity index (χ1v) is 12.5. The van der Waals surface area contributed by atoms with E-state index in [0.717, 1.165) is 21.9 Å². The molecule has 11 nitrogen and oxygen atoms in total. The first-order chi connectivity index (χ1) is 17.8. The molecule has 37 heavy (non-hydrogen) atoms. The number of carbonyl (C=O) groups is 1. The van der Waals surface area contributed by atoms with Gasteiger partial charge in [-0.15, -0.1) is 10.2 Å². The number of amides is 1. The summed E-state index contributed by atoms with van der Waals surface area (Å²) in [6, 6.07) is 14.3. The third kappa shape index (κ3) is 4.38.